The first-order valence-electron chi connectivity index (χ1n) is 9.24. The Kier molecular flexibility index (Phi) is 6.33. The molecule has 0 atom stereocenters. The Morgan fingerprint density at radius 1 is 1.04 bits per heavy atom. The van der Waals surface area contributed by atoms with E-state index in [1.54, 1.807) is 4.31 Å². The van der Waals surface area contributed by atoms with E-state index in [9.17, 15) is 8.42 Å². The third-order valence-electron chi connectivity index (χ3n) is 4.93. The van der Waals surface area contributed by atoms with Gasteiger partial charge in [0, 0.05) is 13.1 Å². The summed E-state index contributed by atoms with van der Waals surface area (Å²) >= 11 is 0. The maximum absolute atomic E-state index is 12.6. The van der Waals surface area contributed by atoms with Gasteiger partial charge in [0.15, 0.2) is 0 Å². The molecule has 4 nitrogen and oxygen atoms in total. The van der Waals surface area contributed by atoms with Crippen LogP contribution >= 0.6 is 0 Å². The number of benzene rings is 2. The maximum atomic E-state index is 12.6. The van der Waals surface area contributed by atoms with Crippen LogP contribution in [0.1, 0.15) is 24.0 Å². The van der Waals surface area contributed by atoms with E-state index in [-0.39, 0.29) is 5.75 Å². The monoisotopic (exact) mass is 373 g/mol. The molecule has 5 heteroatoms. The molecule has 0 saturated carbocycles. The Hall–Kier alpha value is -1.85. The Bertz CT molecular complexity index is 797. The molecule has 2 aromatic rings. The van der Waals surface area contributed by atoms with Crippen LogP contribution in [0, 0.1) is 12.8 Å². The summed E-state index contributed by atoms with van der Waals surface area (Å²) in [4.78, 5) is 0. The van der Waals surface area contributed by atoms with Crippen LogP contribution in [0.15, 0.2) is 54.6 Å². The van der Waals surface area contributed by atoms with Crippen LogP contribution < -0.4 is 4.74 Å². The number of rotatable bonds is 7. The molecule has 0 spiro atoms. The van der Waals surface area contributed by atoms with E-state index in [2.05, 4.69) is 0 Å². The number of hydrogen-bond donors (Lipinski definition) is 0. The number of ether oxygens (including phenoxy) is 1. The molecule has 1 fully saturated rings. The normalized spacial score (nSPS) is 16.5. The van der Waals surface area contributed by atoms with Crippen LogP contribution in [0.3, 0.4) is 0 Å². The fourth-order valence-electron chi connectivity index (χ4n) is 3.29. The van der Waals surface area contributed by atoms with E-state index in [0.29, 0.717) is 32.0 Å². The number of piperidine rings is 1. The van der Waals surface area contributed by atoms with Gasteiger partial charge in [0.05, 0.1) is 12.4 Å². The van der Waals surface area contributed by atoms with E-state index in [1.165, 1.54) is 5.56 Å². The van der Waals surface area contributed by atoms with Gasteiger partial charge in [0.25, 0.3) is 0 Å². The zero-order valence-electron chi connectivity index (χ0n) is 15.3. The van der Waals surface area contributed by atoms with Crippen molar-refractivity contribution in [3.8, 4) is 5.75 Å². The molecule has 0 radical (unpaired) electrons. The highest BCUT2D eigenvalue weighted by atomic mass is 32.2. The fraction of sp³-hybridized carbons (Fsp3) is 0.429. The Labute approximate surface area is 156 Å². The molecule has 0 unspecified atom stereocenters. The van der Waals surface area contributed by atoms with Crippen LogP contribution in [0.25, 0.3) is 0 Å². The summed E-state index contributed by atoms with van der Waals surface area (Å²) in [6.45, 7) is 3.89. The zero-order chi connectivity index (χ0) is 18.4. The Morgan fingerprint density at radius 2 is 1.77 bits per heavy atom. The van der Waals surface area contributed by atoms with E-state index >= 15 is 0 Å². The second-order valence-electron chi connectivity index (χ2n) is 7.02. The molecule has 140 valence electrons. The van der Waals surface area contributed by atoms with Gasteiger partial charge < -0.3 is 4.74 Å². The van der Waals surface area contributed by atoms with Gasteiger partial charge in [-0.15, -0.1) is 0 Å². The predicted molar refractivity (Wildman–Crippen MR) is 105 cm³/mol. The van der Waals surface area contributed by atoms with Gasteiger partial charge in [-0.2, -0.15) is 0 Å². The number of hydrogen-bond acceptors (Lipinski definition) is 3. The smallest absolute Gasteiger partial charge is 0.214 e. The molecule has 2 aromatic carbocycles. The van der Waals surface area contributed by atoms with Crippen molar-refractivity contribution < 1.29 is 13.2 Å². The summed E-state index contributed by atoms with van der Waals surface area (Å²) in [5.74, 6) is 1.49. The molecular formula is C21H27NO3S. The van der Waals surface area contributed by atoms with Crippen molar-refractivity contribution in [2.45, 2.75) is 26.2 Å². The summed E-state index contributed by atoms with van der Waals surface area (Å²) in [7, 11) is -3.19. The second-order valence-corrected chi connectivity index (χ2v) is 9.11. The third-order valence-corrected chi connectivity index (χ3v) is 6.81. The predicted octanol–water partition coefficient (Wildman–Crippen LogP) is 3.66. The molecule has 1 saturated heterocycles. The molecule has 0 aromatic heterocycles. The van der Waals surface area contributed by atoms with Crippen molar-refractivity contribution in [2.75, 3.05) is 25.4 Å². The van der Waals surface area contributed by atoms with Gasteiger partial charge in [0.2, 0.25) is 10.0 Å². The van der Waals surface area contributed by atoms with Gasteiger partial charge in [-0.3, -0.25) is 0 Å². The lowest BCUT2D eigenvalue weighted by atomic mass is 9.99. The summed E-state index contributed by atoms with van der Waals surface area (Å²) in [6, 6.07) is 17.8. The lowest BCUT2D eigenvalue weighted by Crippen LogP contribution is -2.41. The molecule has 0 bridgehead atoms. The summed E-state index contributed by atoms with van der Waals surface area (Å²) in [5, 5.41) is 0. The molecule has 26 heavy (non-hydrogen) atoms. The second kappa shape index (κ2) is 8.69. The summed E-state index contributed by atoms with van der Waals surface area (Å²) < 4.78 is 32.7. The van der Waals surface area contributed by atoms with Crippen LogP contribution in [-0.4, -0.2) is 38.2 Å². The van der Waals surface area contributed by atoms with Crippen LogP contribution in [0.5, 0.6) is 5.75 Å². The molecule has 1 aliphatic rings. The molecule has 1 aliphatic heterocycles. The van der Waals surface area contributed by atoms with E-state index in [1.807, 2.05) is 61.5 Å². The van der Waals surface area contributed by atoms with Crippen molar-refractivity contribution in [3.05, 3.63) is 65.7 Å². The minimum absolute atomic E-state index is 0.182. The van der Waals surface area contributed by atoms with Gasteiger partial charge in [-0.25, -0.2) is 12.7 Å². The van der Waals surface area contributed by atoms with Crippen molar-refractivity contribution in [1.82, 2.24) is 4.31 Å². The standard InChI is InChI=1S/C21H27NO3S/c1-18-6-5-9-21(16-18)25-17-20-10-13-22(14-11-20)26(23,24)15-12-19-7-3-2-4-8-19/h2-9,16,20H,10-15,17H2,1H3. The summed E-state index contributed by atoms with van der Waals surface area (Å²) in [5.41, 5.74) is 2.25. The summed E-state index contributed by atoms with van der Waals surface area (Å²) in [6.07, 6.45) is 2.28. The zero-order valence-corrected chi connectivity index (χ0v) is 16.1. The first-order chi connectivity index (χ1) is 12.5. The van der Waals surface area contributed by atoms with Crippen molar-refractivity contribution >= 4 is 10.0 Å². The van der Waals surface area contributed by atoms with E-state index in [0.717, 1.165) is 24.2 Å². The van der Waals surface area contributed by atoms with Crippen molar-refractivity contribution in [1.29, 1.82) is 0 Å². The van der Waals surface area contributed by atoms with Crippen LogP contribution in [0.4, 0.5) is 0 Å². The van der Waals surface area contributed by atoms with E-state index in [4.69, 9.17) is 4.74 Å². The minimum atomic E-state index is -3.19. The number of sulfonamides is 1. The average Bonchev–Trinajstić information content (AvgIpc) is 2.66. The maximum Gasteiger partial charge on any atom is 0.214 e. The number of aryl methyl sites for hydroxylation is 2. The highest BCUT2D eigenvalue weighted by Crippen LogP contribution is 2.22. The van der Waals surface area contributed by atoms with Gasteiger partial charge in [-0.05, 0) is 55.4 Å². The van der Waals surface area contributed by atoms with Crippen molar-refractivity contribution in [2.24, 2.45) is 5.92 Å². The molecule has 3 rings (SSSR count). The molecule has 0 amide bonds. The minimum Gasteiger partial charge on any atom is -0.493 e. The van der Waals surface area contributed by atoms with E-state index < -0.39 is 10.0 Å². The largest absolute Gasteiger partial charge is 0.493 e. The quantitative estimate of drug-likeness (QED) is 0.744. The molecule has 1 heterocycles. The average molecular weight is 374 g/mol. The Morgan fingerprint density at radius 3 is 2.46 bits per heavy atom. The first kappa shape index (κ1) is 18.9. The lowest BCUT2D eigenvalue weighted by Gasteiger charge is -2.31. The van der Waals surface area contributed by atoms with Gasteiger partial charge in [-0.1, -0.05) is 42.5 Å². The first-order valence-corrected chi connectivity index (χ1v) is 10.8. The van der Waals surface area contributed by atoms with Crippen molar-refractivity contribution in [3.63, 3.8) is 0 Å². The topological polar surface area (TPSA) is 46.6 Å². The highest BCUT2D eigenvalue weighted by molar-refractivity contribution is 7.89. The van der Waals surface area contributed by atoms with Crippen LogP contribution in [-0.2, 0) is 16.4 Å². The van der Waals surface area contributed by atoms with Gasteiger partial charge >= 0.3 is 0 Å². The third kappa shape index (κ3) is 5.32. The molecular weight excluding hydrogens is 346 g/mol. The Balaban J connectivity index is 1.45. The lowest BCUT2D eigenvalue weighted by molar-refractivity contribution is 0.185. The van der Waals surface area contributed by atoms with Gasteiger partial charge in [0.1, 0.15) is 5.75 Å². The molecule has 0 aliphatic carbocycles. The fourth-order valence-corrected chi connectivity index (χ4v) is 4.81. The molecule has 0 N–H and O–H groups in total. The SMILES string of the molecule is Cc1cccc(OCC2CCN(S(=O)(=O)CCc3ccccc3)CC2)c1. The highest BCUT2D eigenvalue weighted by Gasteiger charge is 2.28. The van der Waals surface area contributed by atoms with Crippen LogP contribution in [0.2, 0.25) is 0 Å². The number of nitrogens with zero attached hydrogens (tertiary/aromatic N) is 1.